The fourth-order valence-electron chi connectivity index (χ4n) is 4.77. The number of fused-ring (bicyclic) bond motifs is 2. The summed E-state index contributed by atoms with van der Waals surface area (Å²) in [7, 11) is 1.49. The Balaban J connectivity index is 1.33. The number of aliphatic hydroxyl groups excluding tert-OH is 4. The second kappa shape index (κ2) is 10.6. The molecule has 10 heteroatoms. The van der Waals surface area contributed by atoms with Gasteiger partial charge in [-0.05, 0) is 71.6 Å². The molecule has 0 spiro atoms. The van der Waals surface area contributed by atoms with E-state index in [9.17, 15) is 20.4 Å². The van der Waals surface area contributed by atoms with E-state index in [1.54, 1.807) is 24.4 Å². The third-order valence-electron chi connectivity index (χ3n) is 6.92. The Labute approximate surface area is 224 Å². The molecular weight excluding hydrogens is 514 g/mol. The number of hydrogen-bond acceptors (Lipinski definition) is 9. The van der Waals surface area contributed by atoms with Gasteiger partial charge >= 0.3 is 0 Å². The lowest BCUT2D eigenvalue weighted by atomic mass is 9.83. The Bertz CT molecular complexity index is 1300. The zero-order valence-corrected chi connectivity index (χ0v) is 21.3. The molecule has 2 bridgehead atoms. The summed E-state index contributed by atoms with van der Waals surface area (Å²) in [5, 5.41) is 45.7. The Kier molecular flexibility index (Phi) is 7.43. The van der Waals surface area contributed by atoms with Gasteiger partial charge in [0.15, 0.2) is 0 Å². The molecule has 0 aliphatic carbocycles. The molecule has 38 heavy (non-hydrogen) atoms. The quantitative estimate of drug-likeness (QED) is 0.253. The van der Waals surface area contributed by atoms with E-state index >= 15 is 0 Å². The number of halogens is 1. The van der Waals surface area contributed by atoms with Crippen LogP contribution in [0.3, 0.4) is 0 Å². The van der Waals surface area contributed by atoms with Crippen molar-refractivity contribution >= 4 is 17.8 Å². The zero-order chi connectivity index (χ0) is 26.9. The van der Waals surface area contributed by atoms with Crippen molar-refractivity contribution in [2.75, 3.05) is 20.3 Å². The minimum Gasteiger partial charge on any atom is -0.457 e. The van der Waals surface area contributed by atoms with Gasteiger partial charge in [0, 0.05) is 10.6 Å². The van der Waals surface area contributed by atoms with E-state index in [0.717, 1.165) is 16.7 Å². The van der Waals surface area contributed by atoms with E-state index in [4.69, 9.17) is 25.8 Å². The smallest absolute Gasteiger partial charge is 0.225 e. The molecule has 9 nitrogen and oxygen atoms in total. The van der Waals surface area contributed by atoms with Crippen LogP contribution in [0.4, 0.5) is 0 Å². The highest BCUT2D eigenvalue weighted by atomic mass is 35.5. The molecule has 2 aliphatic heterocycles. The van der Waals surface area contributed by atoms with E-state index in [1.165, 1.54) is 7.11 Å². The molecule has 5 rings (SSSR count). The van der Waals surface area contributed by atoms with Crippen LogP contribution in [0.25, 0.3) is 0 Å². The Hall–Kier alpha value is -3.02. The molecule has 0 amide bonds. The van der Waals surface area contributed by atoms with Gasteiger partial charge in [-0.3, -0.25) is 0 Å². The van der Waals surface area contributed by atoms with Gasteiger partial charge in [-0.2, -0.15) is 0 Å². The first-order valence-corrected chi connectivity index (χ1v) is 12.4. The number of nitrogens with zero attached hydrogens (tertiary/aromatic N) is 1. The van der Waals surface area contributed by atoms with Gasteiger partial charge in [-0.25, -0.2) is 0 Å². The largest absolute Gasteiger partial charge is 0.457 e. The van der Waals surface area contributed by atoms with Crippen LogP contribution in [0.2, 0.25) is 5.02 Å². The van der Waals surface area contributed by atoms with Gasteiger partial charge in [0.2, 0.25) is 5.79 Å². The summed E-state index contributed by atoms with van der Waals surface area (Å²) >= 11 is 6.49. The molecule has 2 saturated heterocycles. The Morgan fingerprint density at radius 1 is 1.00 bits per heavy atom. The molecule has 0 radical (unpaired) electrons. The number of benzene rings is 3. The molecule has 0 aromatic heterocycles. The third kappa shape index (κ3) is 4.78. The van der Waals surface area contributed by atoms with Gasteiger partial charge in [0.05, 0.1) is 19.4 Å². The van der Waals surface area contributed by atoms with Crippen LogP contribution in [0.1, 0.15) is 22.3 Å². The molecule has 4 N–H and O–H groups in total. The first-order chi connectivity index (χ1) is 18.3. The highest BCUT2D eigenvalue weighted by Gasteiger charge is 2.67. The van der Waals surface area contributed by atoms with Crippen LogP contribution >= 0.6 is 11.6 Å². The molecule has 2 heterocycles. The lowest BCUT2D eigenvalue weighted by molar-refractivity contribution is -0.329. The second-order valence-electron chi connectivity index (χ2n) is 9.38. The highest BCUT2D eigenvalue weighted by molar-refractivity contribution is 6.31. The molecule has 3 aromatic rings. The molecule has 0 unspecified atom stereocenters. The first kappa shape index (κ1) is 26.6. The van der Waals surface area contributed by atoms with Crippen molar-refractivity contribution in [2.45, 2.75) is 36.1 Å². The van der Waals surface area contributed by atoms with Crippen LogP contribution in [-0.4, -0.2) is 70.9 Å². The van der Waals surface area contributed by atoms with Gasteiger partial charge in [-0.15, -0.1) is 0 Å². The van der Waals surface area contributed by atoms with E-state index in [1.807, 2.05) is 48.5 Å². The van der Waals surface area contributed by atoms with Crippen molar-refractivity contribution in [3.63, 3.8) is 0 Å². The number of ether oxygens (including phenoxy) is 3. The van der Waals surface area contributed by atoms with Gasteiger partial charge in [0.1, 0.15) is 42.5 Å². The summed E-state index contributed by atoms with van der Waals surface area (Å²) in [6.45, 7) is -0.775. The predicted molar refractivity (Wildman–Crippen MR) is 138 cm³/mol. The van der Waals surface area contributed by atoms with Crippen LogP contribution in [-0.2, 0) is 26.5 Å². The van der Waals surface area contributed by atoms with Crippen molar-refractivity contribution in [1.29, 1.82) is 0 Å². The molecule has 3 aromatic carbocycles. The Morgan fingerprint density at radius 3 is 2.34 bits per heavy atom. The van der Waals surface area contributed by atoms with Crippen LogP contribution in [0, 0.1) is 0 Å². The van der Waals surface area contributed by atoms with Crippen molar-refractivity contribution < 1.29 is 39.5 Å². The van der Waals surface area contributed by atoms with E-state index in [0.29, 0.717) is 28.5 Å². The standard InChI is InChI=1S/C28H28ClNO8/c1-35-30-14-18-4-9-22(10-5-18)37-21-7-2-17(3-8-21)12-19-13-20(6-11-23(19)29)28-26(34)24(32)25(33)27(15-31,38-28)16-36-28/h2-11,13-14,24-26,31-34H,12,15-16H2,1H3/t24-,25-,26+,27-,28-/m0/s1. The lowest BCUT2D eigenvalue weighted by Crippen LogP contribution is -2.65. The van der Waals surface area contributed by atoms with E-state index < -0.39 is 36.3 Å². The molecule has 0 saturated carbocycles. The maximum Gasteiger partial charge on any atom is 0.225 e. The zero-order valence-electron chi connectivity index (χ0n) is 20.5. The highest BCUT2D eigenvalue weighted by Crippen LogP contribution is 2.49. The van der Waals surface area contributed by atoms with Crippen LogP contribution in [0.5, 0.6) is 11.5 Å². The fraction of sp³-hybridized carbons (Fsp3) is 0.321. The van der Waals surface area contributed by atoms with Crippen molar-refractivity contribution in [2.24, 2.45) is 5.16 Å². The topological polar surface area (TPSA) is 130 Å². The molecule has 2 fully saturated rings. The number of hydrogen-bond donors (Lipinski definition) is 4. The maximum atomic E-state index is 10.8. The number of rotatable bonds is 8. The number of aliphatic hydroxyl groups is 4. The SMILES string of the molecule is CON=Cc1ccc(Oc2ccc(Cc3cc([C@]45OC[C@](CO)(O4)[C@@H](O)[C@H](O)[C@H]5O)ccc3Cl)cc2)cc1. The van der Waals surface area contributed by atoms with Crippen LogP contribution < -0.4 is 4.74 Å². The monoisotopic (exact) mass is 541 g/mol. The summed E-state index contributed by atoms with van der Waals surface area (Å²) in [6, 6.07) is 20.0. The van der Waals surface area contributed by atoms with Crippen molar-refractivity contribution in [3.8, 4) is 11.5 Å². The van der Waals surface area contributed by atoms with Gasteiger partial charge in [-0.1, -0.05) is 35.0 Å². The molecule has 2 aliphatic rings. The number of oxime groups is 1. The third-order valence-corrected chi connectivity index (χ3v) is 7.29. The normalized spacial score (nSPS) is 28.5. The molecule has 200 valence electrons. The first-order valence-electron chi connectivity index (χ1n) is 12.0. The minimum atomic E-state index is -1.75. The van der Waals surface area contributed by atoms with Crippen molar-refractivity contribution in [3.05, 3.63) is 94.0 Å². The Morgan fingerprint density at radius 2 is 1.68 bits per heavy atom. The van der Waals surface area contributed by atoms with E-state index in [2.05, 4.69) is 9.99 Å². The summed E-state index contributed by atoms with van der Waals surface area (Å²) < 4.78 is 17.7. The van der Waals surface area contributed by atoms with Crippen molar-refractivity contribution in [1.82, 2.24) is 0 Å². The fourth-order valence-corrected chi connectivity index (χ4v) is 4.95. The molecular formula is C28H28ClNO8. The lowest BCUT2D eigenvalue weighted by Gasteiger charge is -2.46. The average molecular weight is 542 g/mol. The minimum absolute atomic E-state index is 0.193. The summed E-state index contributed by atoms with van der Waals surface area (Å²) in [6.07, 6.45) is -2.59. The second-order valence-corrected chi connectivity index (χ2v) is 9.78. The van der Waals surface area contributed by atoms with Gasteiger partial charge in [0.25, 0.3) is 0 Å². The summed E-state index contributed by atoms with van der Waals surface area (Å²) in [5.41, 5.74) is 1.46. The predicted octanol–water partition coefficient (Wildman–Crippen LogP) is 2.73. The van der Waals surface area contributed by atoms with Crippen LogP contribution in [0.15, 0.2) is 71.9 Å². The maximum absolute atomic E-state index is 10.8. The van der Waals surface area contributed by atoms with E-state index in [-0.39, 0.29) is 6.61 Å². The summed E-state index contributed by atoms with van der Waals surface area (Å²) in [5.74, 6) is -0.406. The average Bonchev–Trinajstić information content (AvgIpc) is 3.33. The van der Waals surface area contributed by atoms with Gasteiger partial charge < -0.3 is 39.5 Å². The molecule has 5 atom stereocenters. The summed E-state index contributed by atoms with van der Waals surface area (Å²) in [4.78, 5) is 4.68.